The van der Waals surface area contributed by atoms with Gasteiger partial charge in [-0.3, -0.25) is 10.1 Å². The molecule has 3 aromatic rings. The zero-order chi connectivity index (χ0) is 13.9. The van der Waals surface area contributed by atoms with Crippen LogP contribution in [0.1, 0.15) is 15.4 Å². The van der Waals surface area contributed by atoms with E-state index in [2.05, 4.69) is 20.5 Å². The van der Waals surface area contributed by atoms with E-state index in [4.69, 9.17) is 0 Å². The molecule has 7 heteroatoms. The molecule has 0 saturated heterocycles. The Hall–Kier alpha value is -2.12. The van der Waals surface area contributed by atoms with Crippen molar-refractivity contribution in [1.82, 2.24) is 15.2 Å². The molecule has 0 aliphatic carbocycles. The average Bonchev–Trinajstić information content (AvgIpc) is 3.09. The van der Waals surface area contributed by atoms with Crippen LogP contribution in [0.3, 0.4) is 0 Å². The van der Waals surface area contributed by atoms with E-state index in [0.717, 1.165) is 16.3 Å². The smallest absolute Gasteiger partial charge is 0.269 e. The van der Waals surface area contributed by atoms with Crippen LogP contribution in [0.5, 0.6) is 0 Å². The van der Waals surface area contributed by atoms with Crippen LogP contribution in [0.15, 0.2) is 35.8 Å². The van der Waals surface area contributed by atoms with Gasteiger partial charge in [-0.2, -0.15) is 0 Å². The maximum absolute atomic E-state index is 12.0. The van der Waals surface area contributed by atoms with Crippen LogP contribution in [-0.2, 0) is 0 Å². The highest BCUT2D eigenvalue weighted by Crippen LogP contribution is 2.26. The van der Waals surface area contributed by atoms with E-state index < -0.39 is 0 Å². The first kappa shape index (κ1) is 12.9. The van der Waals surface area contributed by atoms with Gasteiger partial charge in [-0.15, -0.1) is 21.5 Å². The van der Waals surface area contributed by atoms with Gasteiger partial charge >= 0.3 is 0 Å². The molecule has 0 saturated carbocycles. The summed E-state index contributed by atoms with van der Waals surface area (Å²) in [6, 6.07) is 9.74. The van der Waals surface area contributed by atoms with Gasteiger partial charge < -0.3 is 0 Å². The summed E-state index contributed by atoms with van der Waals surface area (Å²) in [7, 11) is 0. The molecular weight excluding hydrogens is 292 g/mol. The van der Waals surface area contributed by atoms with Gasteiger partial charge in [0.25, 0.3) is 5.91 Å². The molecule has 5 nitrogen and oxygen atoms in total. The van der Waals surface area contributed by atoms with Gasteiger partial charge in [-0.25, -0.2) is 4.98 Å². The van der Waals surface area contributed by atoms with Crippen molar-refractivity contribution in [2.24, 2.45) is 0 Å². The normalized spacial score (nSPS) is 10.4. The van der Waals surface area contributed by atoms with Crippen LogP contribution in [0.25, 0.3) is 10.6 Å². The minimum absolute atomic E-state index is 0.194. The number of benzene rings is 1. The van der Waals surface area contributed by atoms with E-state index >= 15 is 0 Å². The number of hydrogen-bond donors (Lipinski definition) is 1. The largest absolute Gasteiger partial charge is 0.296 e. The number of hydrogen-bond acceptors (Lipinski definition) is 6. The Kier molecular flexibility index (Phi) is 3.53. The second-order valence-electron chi connectivity index (χ2n) is 4.00. The van der Waals surface area contributed by atoms with Crippen molar-refractivity contribution in [3.05, 3.63) is 46.4 Å². The predicted octanol–water partition coefficient (Wildman–Crippen LogP) is 3.22. The van der Waals surface area contributed by atoms with Crippen LogP contribution in [-0.4, -0.2) is 21.1 Å². The molecule has 1 aromatic carbocycles. The molecule has 0 unspecified atom stereocenters. The molecule has 0 aliphatic rings. The van der Waals surface area contributed by atoms with Crippen molar-refractivity contribution in [2.45, 2.75) is 6.92 Å². The molecule has 2 heterocycles. The highest BCUT2D eigenvalue weighted by atomic mass is 32.1. The maximum atomic E-state index is 12.0. The molecule has 0 spiro atoms. The standard InChI is InChI=1S/C13H10N4OS2/c1-8-10(19-7-14-8)11(18)15-13-17-16-12(20-13)9-5-3-2-4-6-9/h2-7H,1H3,(H,15,17,18). The van der Waals surface area contributed by atoms with Crippen molar-refractivity contribution in [3.63, 3.8) is 0 Å². The summed E-state index contributed by atoms with van der Waals surface area (Å²) in [5.74, 6) is -0.194. The molecule has 100 valence electrons. The van der Waals surface area contributed by atoms with Gasteiger partial charge in [0, 0.05) is 5.56 Å². The summed E-state index contributed by atoms with van der Waals surface area (Å²) in [4.78, 5) is 16.7. The molecule has 2 aromatic heterocycles. The van der Waals surface area contributed by atoms with Gasteiger partial charge in [-0.05, 0) is 6.92 Å². The van der Waals surface area contributed by atoms with Crippen LogP contribution >= 0.6 is 22.7 Å². The molecule has 3 rings (SSSR count). The Morgan fingerprint density at radius 3 is 2.70 bits per heavy atom. The lowest BCUT2D eigenvalue weighted by Gasteiger charge is -1.98. The third-order valence-electron chi connectivity index (χ3n) is 2.62. The third-order valence-corrected chi connectivity index (χ3v) is 4.43. The molecule has 20 heavy (non-hydrogen) atoms. The molecule has 0 bridgehead atoms. The van der Waals surface area contributed by atoms with Gasteiger partial charge in [0.2, 0.25) is 5.13 Å². The van der Waals surface area contributed by atoms with Crippen LogP contribution in [0.2, 0.25) is 0 Å². The van der Waals surface area contributed by atoms with Crippen molar-refractivity contribution in [2.75, 3.05) is 5.32 Å². The number of anilines is 1. The monoisotopic (exact) mass is 302 g/mol. The van der Waals surface area contributed by atoms with Crippen LogP contribution in [0, 0.1) is 6.92 Å². The summed E-state index contributed by atoms with van der Waals surface area (Å²) < 4.78 is 0. The van der Waals surface area contributed by atoms with Gasteiger partial charge in [0.05, 0.1) is 11.2 Å². The molecule has 0 radical (unpaired) electrons. The summed E-state index contributed by atoms with van der Waals surface area (Å²) in [5, 5.41) is 12.1. The van der Waals surface area contributed by atoms with Crippen LogP contribution < -0.4 is 5.32 Å². The number of aromatic nitrogens is 3. The number of nitrogens with one attached hydrogen (secondary N) is 1. The maximum Gasteiger partial charge on any atom is 0.269 e. The minimum Gasteiger partial charge on any atom is -0.296 e. The Labute approximate surface area is 123 Å². The summed E-state index contributed by atoms with van der Waals surface area (Å²) in [6.45, 7) is 1.81. The number of thiazole rings is 1. The number of amides is 1. The molecule has 0 atom stereocenters. The van der Waals surface area contributed by atoms with E-state index in [1.807, 2.05) is 30.3 Å². The number of carbonyl (C=O) groups is 1. The SMILES string of the molecule is Cc1ncsc1C(=O)Nc1nnc(-c2ccccc2)s1. The Bertz CT molecular complexity index is 736. The lowest BCUT2D eigenvalue weighted by atomic mass is 10.2. The van der Waals surface area contributed by atoms with E-state index in [1.165, 1.54) is 22.7 Å². The quantitative estimate of drug-likeness (QED) is 0.806. The Balaban J connectivity index is 1.78. The molecule has 0 fully saturated rings. The van der Waals surface area contributed by atoms with Crippen molar-refractivity contribution < 1.29 is 4.79 Å². The van der Waals surface area contributed by atoms with Crippen molar-refractivity contribution in [1.29, 1.82) is 0 Å². The molecular formula is C13H10N4OS2. The zero-order valence-corrected chi connectivity index (χ0v) is 12.2. The predicted molar refractivity (Wildman–Crippen MR) is 80.1 cm³/mol. The van der Waals surface area contributed by atoms with Gasteiger partial charge in [-0.1, -0.05) is 41.7 Å². The lowest BCUT2D eigenvalue weighted by Crippen LogP contribution is -2.11. The fraction of sp³-hybridized carbons (Fsp3) is 0.0769. The Morgan fingerprint density at radius 2 is 2.00 bits per heavy atom. The lowest BCUT2D eigenvalue weighted by molar-refractivity contribution is 0.102. The topological polar surface area (TPSA) is 67.8 Å². The second kappa shape index (κ2) is 5.48. The first-order chi connectivity index (χ1) is 9.74. The third kappa shape index (κ3) is 2.59. The highest BCUT2D eigenvalue weighted by molar-refractivity contribution is 7.18. The number of nitrogens with zero attached hydrogens (tertiary/aromatic N) is 3. The number of rotatable bonds is 3. The minimum atomic E-state index is -0.194. The van der Waals surface area contributed by atoms with E-state index in [-0.39, 0.29) is 5.91 Å². The summed E-state index contributed by atoms with van der Waals surface area (Å²) in [6.07, 6.45) is 0. The van der Waals surface area contributed by atoms with Crippen molar-refractivity contribution in [3.8, 4) is 10.6 Å². The molecule has 1 amide bonds. The molecule has 0 aliphatic heterocycles. The first-order valence-electron chi connectivity index (χ1n) is 5.84. The fourth-order valence-corrected chi connectivity index (χ4v) is 3.09. The van der Waals surface area contributed by atoms with E-state index in [9.17, 15) is 4.79 Å². The van der Waals surface area contributed by atoms with Crippen LogP contribution in [0.4, 0.5) is 5.13 Å². The number of aryl methyl sites for hydroxylation is 1. The van der Waals surface area contributed by atoms with Gasteiger partial charge in [0.15, 0.2) is 0 Å². The average molecular weight is 302 g/mol. The van der Waals surface area contributed by atoms with Crippen molar-refractivity contribution >= 4 is 33.7 Å². The zero-order valence-electron chi connectivity index (χ0n) is 10.5. The summed E-state index contributed by atoms with van der Waals surface area (Å²) >= 11 is 2.66. The van der Waals surface area contributed by atoms with E-state index in [1.54, 1.807) is 12.4 Å². The first-order valence-corrected chi connectivity index (χ1v) is 7.54. The van der Waals surface area contributed by atoms with E-state index in [0.29, 0.717) is 10.0 Å². The summed E-state index contributed by atoms with van der Waals surface area (Å²) in [5.41, 5.74) is 3.36. The Morgan fingerprint density at radius 1 is 1.20 bits per heavy atom. The van der Waals surface area contributed by atoms with Gasteiger partial charge in [0.1, 0.15) is 9.88 Å². The fourth-order valence-electron chi connectivity index (χ4n) is 1.64. The number of carbonyl (C=O) groups excluding carboxylic acids is 1. The highest BCUT2D eigenvalue weighted by Gasteiger charge is 2.14. The molecule has 1 N–H and O–H groups in total. The second-order valence-corrected chi connectivity index (χ2v) is 5.83.